The molecule has 1 aromatic heterocycles. The van der Waals surface area contributed by atoms with Crippen molar-refractivity contribution >= 4 is 17.5 Å². The van der Waals surface area contributed by atoms with Gasteiger partial charge >= 0.3 is 0 Å². The average molecular weight is 402 g/mol. The van der Waals surface area contributed by atoms with Crippen LogP contribution < -0.4 is 14.8 Å². The molecule has 1 N–H and O–H groups in total. The summed E-state index contributed by atoms with van der Waals surface area (Å²) in [4.78, 5) is 16.7. The lowest BCUT2D eigenvalue weighted by atomic mass is 10.2. The maximum Gasteiger partial charge on any atom is 0.261 e. The molecule has 1 atom stereocenters. The number of nitrogens with zero attached hydrogens (tertiary/aromatic N) is 2. The van der Waals surface area contributed by atoms with Gasteiger partial charge in [0.1, 0.15) is 11.5 Å². The van der Waals surface area contributed by atoms with Crippen LogP contribution in [0.1, 0.15) is 19.2 Å². The van der Waals surface area contributed by atoms with Crippen molar-refractivity contribution in [3.8, 4) is 22.9 Å². The molecule has 0 aliphatic rings. The van der Waals surface area contributed by atoms with Crippen molar-refractivity contribution in [2.45, 2.75) is 26.0 Å². The Morgan fingerprint density at radius 1 is 1.14 bits per heavy atom. The number of carbonyl (C=O) groups excluding carboxylic acids is 1. The molecule has 146 valence electrons. The lowest BCUT2D eigenvalue weighted by Crippen LogP contribution is -2.37. The number of halogens is 1. The molecule has 0 spiro atoms. The Kier molecular flexibility index (Phi) is 6.49. The van der Waals surface area contributed by atoms with Crippen molar-refractivity contribution in [1.29, 1.82) is 0 Å². The van der Waals surface area contributed by atoms with Crippen molar-refractivity contribution in [1.82, 2.24) is 15.5 Å². The van der Waals surface area contributed by atoms with E-state index in [2.05, 4.69) is 15.5 Å². The topological polar surface area (TPSA) is 86.5 Å². The van der Waals surface area contributed by atoms with Gasteiger partial charge in [-0.05, 0) is 55.0 Å². The first kappa shape index (κ1) is 19.7. The highest BCUT2D eigenvalue weighted by Crippen LogP contribution is 2.20. The first-order chi connectivity index (χ1) is 13.6. The number of aromatic nitrogens is 2. The molecule has 0 saturated carbocycles. The second kappa shape index (κ2) is 9.23. The third-order valence-corrected chi connectivity index (χ3v) is 4.24. The molecular formula is C20H20ClN3O4. The maximum atomic E-state index is 12.4. The highest BCUT2D eigenvalue weighted by Gasteiger charge is 2.19. The normalized spacial score (nSPS) is 11.7. The molecule has 0 bridgehead atoms. The van der Waals surface area contributed by atoms with Crippen molar-refractivity contribution in [2.24, 2.45) is 0 Å². The fourth-order valence-corrected chi connectivity index (χ4v) is 2.59. The Bertz CT molecular complexity index is 910. The fraction of sp³-hybridized carbons (Fsp3) is 0.250. The molecule has 1 heterocycles. The van der Waals surface area contributed by atoms with Gasteiger partial charge in [-0.1, -0.05) is 23.7 Å². The van der Waals surface area contributed by atoms with E-state index in [-0.39, 0.29) is 12.5 Å². The van der Waals surface area contributed by atoms with Crippen molar-refractivity contribution in [3.05, 3.63) is 59.4 Å². The van der Waals surface area contributed by atoms with E-state index in [9.17, 15) is 4.79 Å². The van der Waals surface area contributed by atoms with E-state index >= 15 is 0 Å². The zero-order valence-corrected chi connectivity index (χ0v) is 16.3. The SMILES string of the molecule is CC[C@@H](Oc1ccc(Cl)cc1)C(=O)NCc1nc(-c2ccc(OC)cc2)no1. The predicted octanol–water partition coefficient (Wildman–Crippen LogP) is 3.87. The fourth-order valence-electron chi connectivity index (χ4n) is 2.46. The molecule has 0 aliphatic heterocycles. The van der Waals surface area contributed by atoms with E-state index in [1.807, 2.05) is 31.2 Å². The number of ether oxygens (including phenoxy) is 2. The van der Waals surface area contributed by atoms with Crippen molar-refractivity contribution < 1.29 is 18.8 Å². The lowest BCUT2D eigenvalue weighted by Gasteiger charge is -2.16. The molecule has 0 fully saturated rings. The van der Waals surface area contributed by atoms with Gasteiger partial charge in [-0.25, -0.2) is 0 Å². The van der Waals surface area contributed by atoms with E-state index in [1.165, 1.54) is 0 Å². The minimum atomic E-state index is -0.634. The summed E-state index contributed by atoms with van der Waals surface area (Å²) in [5.41, 5.74) is 0.791. The van der Waals surface area contributed by atoms with Crippen LogP contribution in [-0.4, -0.2) is 29.3 Å². The summed E-state index contributed by atoms with van der Waals surface area (Å²) in [6.07, 6.45) is -0.125. The minimum absolute atomic E-state index is 0.114. The van der Waals surface area contributed by atoms with Gasteiger partial charge in [0.15, 0.2) is 6.10 Å². The van der Waals surface area contributed by atoms with E-state index in [0.29, 0.717) is 28.9 Å². The molecule has 0 radical (unpaired) electrons. The van der Waals surface area contributed by atoms with Crippen LogP contribution >= 0.6 is 11.6 Å². The summed E-state index contributed by atoms with van der Waals surface area (Å²) in [7, 11) is 1.60. The van der Waals surface area contributed by atoms with Crippen LogP contribution in [-0.2, 0) is 11.3 Å². The summed E-state index contributed by atoms with van der Waals surface area (Å²) in [6, 6.07) is 14.1. The number of hydrogen-bond acceptors (Lipinski definition) is 6. The third kappa shape index (κ3) is 5.01. The van der Waals surface area contributed by atoms with Crippen molar-refractivity contribution in [2.75, 3.05) is 7.11 Å². The number of rotatable bonds is 8. The molecule has 0 aliphatic carbocycles. The molecular weight excluding hydrogens is 382 g/mol. The summed E-state index contributed by atoms with van der Waals surface area (Å²) >= 11 is 5.86. The van der Waals surface area contributed by atoms with E-state index in [1.54, 1.807) is 31.4 Å². The van der Waals surface area contributed by atoms with Gasteiger partial charge < -0.3 is 19.3 Å². The van der Waals surface area contributed by atoms with Crippen LogP contribution in [0.3, 0.4) is 0 Å². The molecule has 1 amide bonds. The van der Waals surface area contributed by atoms with Crippen LogP contribution in [0.4, 0.5) is 0 Å². The molecule has 3 aromatic rings. The van der Waals surface area contributed by atoms with E-state index in [4.69, 9.17) is 25.6 Å². The summed E-state index contributed by atoms with van der Waals surface area (Å²) in [5.74, 6) is 1.80. The van der Waals surface area contributed by atoms with Crippen LogP contribution in [0, 0.1) is 0 Å². The van der Waals surface area contributed by atoms with Gasteiger partial charge in [-0.2, -0.15) is 4.98 Å². The van der Waals surface area contributed by atoms with Gasteiger partial charge in [0.05, 0.1) is 13.7 Å². The zero-order valence-electron chi connectivity index (χ0n) is 15.5. The second-order valence-corrected chi connectivity index (χ2v) is 6.36. The predicted molar refractivity (Wildman–Crippen MR) is 104 cm³/mol. The number of hydrogen-bond donors (Lipinski definition) is 1. The van der Waals surface area contributed by atoms with Gasteiger partial charge in [0.25, 0.3) is 5.91 Å². The molecule has 28 heavy (non-hydrogen) atoms. The Balaban J connectivity index is 1.57. The Morgan fingerprint density at radius 2 is 1.82 bits per heavy atom. The van der Waals surface area contributed by atoms with E-state index < -0.39 is 6.10 Å². The number of carbonyl (C=O) groups is 1. The molecule has 0 saturated heterocycles. The first-order valence-electron chi connectivity index (χ1n) is 8.76. The average Bonchev–Trinajstić information content (AvgIpc) is 3.20. The standard InChI is InChI=1S/C20H20ClN3O4/c1-3-17(27-16-10-6-14(21)7-11-16)20(25)22-12-18-23-19(24-28-18)13-4-8-15(26-2)9-5-13/h4-11,17H,3,12H2,1-2H3,(H,22,25)/t17-/m1/s1. The molecule has 0 unspecified atom stereocenters. The van der Waals surface area contributed by atoms with Gasteiger partial charge in [0, 0.05) is 10.6 Å². The quantitative estimate of drug-likeness (QED) is 0.616. The van der Waals surface area contributed by atoms with Crippen LogP contribution in [0.15, 0.2) is 53.1 Å². The number of methoxy groups -OCH3 is 1. The van der Waals surface area contributed by atoms with Gasteiger partial charge in [0.2, 0.25) is 11.7 Å². The highest BCUT2D eigenvalue weighted by atomic mass is 35.5. The molecule has 3 rings (SSSR count). The number of nitrogens with one attached hydrogen (secondary N) is 1. The van der Waals surface area contributed by atoms with Crippen LogP contribution in [0.2, 0.25) is 5.02 Å². The zero-order chi connectivity index (χ0) is 19.9. The lowest BCUT2D eigenvalue weighted by molar-refractivity contribution is -0.128. The Morgan fingerprint density at radius 3 is 2.46 bits per heavy atom. The molecule has 8 heteroatoms. The smallest absolute Gasteiger partial charge is 0.261 e. The van der Waals surface area contributed by atoms with Crippen molar-refractivity contribution in [3.63, 3.8) is 0 Å². The van der Waals surface area contributed by atoms with Crippen LogP contribution in [0.25, 0.3) is 11.4 Å². The van der Waals surface area contributed by atoms with Gasteiger partial charge in [-0.15, -0.1) is 0 Å². The van der Waals surface area contributed by atoms with Gasteiger partial charge in [-0.3, -0.25) is 4.79 Å². The Hall–Kier alpha value is -3.06. The van der Waals surface area contributed by atoms with Crippen LogP contribution in [0.5, 0.6) is 11.5 Å². The first-order valence-corrected chi connectivity index (χ1v) is 9.13. The largest absolute Gasteiger partial charge is 0.497 e. The Labute approximate surface area is 167 Å². The second-order valence-electron chi connectivity index (χ2n) is 5.93. The summed E-state index contributed by atoms with van der Waals surface area (Å²) in [5, 5.41) is 7.30. The third-order valence-electron chi connectivity index (χ3n) is 3.99. The monoisotopic (exact) mass is 401 g/mol. The maximum absolute atomic E-state index is 12.4. The minimum Gasteiger partial charge on any atom is -0.497 e. The summed E-state index contributed by atoms with van der Waals surface area (Å²) in [6.45, 7) is 1.98. The highest BCUT2D eigenvalue weighted by molar-refractivity contribution is 6.30. The summed E-state index contributed by atoms with van der Waals surface area (Å²) < 4.78 is 16.1. The number of benzene rings is 2. The molecule has 2 aromatic carbocycles. The number of amides is 1. The molecule has 7 nitrogen and oxygen atoms in total. The van der Waals surface area contributed by atoms with E-state index in [0.717, 1.165) is 11.3 Å².